The number of thiophene rings is 1. The third kappa shape index (κ3) is 2.19. The van der Waals surface area contributed by atoms with Crippen molar-refractivity contribution >= 4 is 11.3 Å². The molecule has 1 aliphatic rings. The zero-order chi connectivity index (χ0) is 14.3. The first-order chi connectivity index (χ1) is 9.60. The molecule has 2 unspecified atom stereocenters. The van der Waals surface area contributed by atoms with Gasteiger partial charge in [0, 0.05) is 22.4 Å². The Morgan fingerprint density at radius 1 is 1.45 bits per heavy atom. The van der Waals surface area contributed by atoms with Gasteiger partial charge in [-0.15, -0.1) is 11.3 Å². The first-order valence-electron chi connectivity index (χ1n) is 6.69. The molecule has 0 aliphatic carbocycles. The summed E-state index contributed by atoms with van der Waals surface area (Å²) < 4.78 is 11.2. The Hall–Kier alpha value is -1.52. The summed E-state index contributed by atoms with van der Waals surface area (Å²) in [7, 11) is 1.64. The van der Waals surface area contributed by atoms with Crippen LogP contribution in [0.3, 0.4) is 0 Å². The van der Waals surface area contributed by atoms with Crippen molar-refractivity contribution in [3.8, 4) is 11.5 Å². The molecule has 20 heavy (non-hydrogen) atoms. The Morgan fingerprint density at radius 2 is 2.25 bits per heavy atom. The zero-order valence-electron chi connectivity index (χ0n) is 11.8. The summed E-state index contributed by atoms with van der Waals surface area (Å²) in [5.41, 5.74) is 3.01. The first kappa shape index (κ1) is 13.5. The lowest BCUT2D eigenvalue weighted by molar-refractivity contribution is 0.216. The van der Waals surface area contributed by atoms with Gasteiger partial charge in [0.25, 0.3) is 0 Å². The van der Waals surface area contributed by atoms with Gasteiger partial charge >= 0.3 is 0 Å². The van der Waals surface area contributed by atoms with Crippen LogP contribution in [-0.4, -0.2) is 18.3 Å². The minimum Gasteiger partial charge on any atom is -0.496 e. The molecule has 0 spiro atoms. The first-order valence-corrected chi connectivity index (χ1v) is 7.57. The fourth-order valence-electron chi connectivity index (χ4n) is 2.65. The van der Waals surface area contributed by atoms with Crippen molar-refractivity contribution in [2.45, 2.75) is 32.5 Å². The van der Waals surface area contributed by atoms with Crippen molar-refractivity contribution in [3.05, 3.63) is 45.1 Å². The van der Waals surface area contributed by atoms with Crippen LogP contribution in [0.25, 0.3) is 0 Å². The standard InChI is InChI=1S/C16H18O3S/c1-9-4-5-20-16(9)15(17)12-8-13-11(6-10(2)19-13)7-14(12)18-3/h4-5,7-8,10,15,17H,6H2,1-3H3. The molecule has 1 aromatic heterocycles. The fourth-order valence-corrected chi connectivity index (χ4v) is 3.58. The summed E-state index contributed by atoms with van der Waals surface area (Å²) in [6.07, 6.45) is 0.403. The van der Waals surface area contributed by atoms with Gasteiger partial charge in [0.05, 0.1) is 7.11 Å². The van der Waals surface area contributed by atoms with Crippen molar-refractivity contribution in [1.29, 1.82) is 0 Å². The predicted molar refractivity (Wildman–Crippen MR) is 79.9 cm³/mol. The molecule has 0 amide bonds. The Kier molecular flexibility index (Phi) is 3.44. The van der Waals surface area contributed by atoms with Crippen LogP contribution < -0.4 is 9.47 Å². The molecule has 0 radical (unpaired) electrons. The molecule has 2 atom stereocenters. The molecule has 1 aromatic carbocycles. The minimum absolute atomic E-state index is 0.186. The van der Waals surface area contributed by atoms with Crippen molar-refractivity contribution in [3.63, 3.8) is 0 Å². The number of aryl methyl sites for hydroxylation is 1. The van der Waals surface area contributed by atoms with Crippen LogP contribution in [0.15, 0.2) is 23.6 Å². The lowest BCUT2D eigenvalue weighted by atomic mass is 10.0. The molecular weight excluding hydrogens is 272 g/mol. The summed E-state index contributed by atoms with van der Waals surface area (Å²) >= 11 is 1.56. The summed E-state index contributed by atoms with van der Waals surface area (Å²) in [4.78, 5) is 0.953. The summed E-state index contributed by atoms with van der Waals surface area (Å²) in [6.45, 7) is 4.06. The predicted octanol–water partition coefficient (Wildman–Crippen LogP) is 3.47. The Labute approximate surface area is 122 Å². The van der Waals surface area contributed by atoms with E-state index in [1.54, 1.807) is 18.4 Å². The lowest BCUT2D eigenvalue weighted by Gasteiger charge is -2.16. The average molecular weight is 290 g/mol. The van der Waals surface area contributed by atoms with E-state index in [4.69, 9.17) is 9.47 Å². The maximum atomic E-state index is 10.6. The zero-order valence-corrected chi connectivity index (χ0v) is 12.7. The van der Waals surface area contributed by atoms with Crippen LogP contribution in [-0.2, 0) is 6.42 Å². The highest BCUT2D eigenvalue weighted by molar-refractivity contribution is 7.10. The highest BCUT2D eigenvalue weighted by atomic mass is 32.1. The quantitative estimate of drug-likeness (QED) is 0.940. The number of aliphatic hydroxyl groups excluding tert-OH is 1. The van der Waals surface area contributed by atoms with Crippen LogP contribution in [0.1, 0.15) is 34.6 Å². The molecule has 4 heteroatoms. The normalized spacial score (nSPS) is 18.5. The molecule has 0 saturated heterocycles. The highest BCUT2D eigenvalue weighted by Gasteiger charge is 2.25. The van der Waals surface area contributed by atoms with Gasteiger partial charge in [-0.3, -0.25) is 0 Å². The number of hydrogen-bond donors (Lipinski definition) is 1. The van der Waals surface area contributed by atoms with E-state index < -0.39 is 6.10 Å². The number of fused-ring (bicyclic) bond motifs is 1. The topological polar surface area (TPSA) is 38.7 Å². The van der Waals surface area contributed by atoms with Crippen LogP contribution in [0.5, 0.6) is 11.5 Å². The second-order valence-electron chi connectivity index (χ2n) is 5.20. The third-order valence-corrected chi connectivity index (χ3v) is 4.76. The van der Waals surface area contributed by atoms with E-state index in [-0.39, 0.29) is 6.10 Å². The van der Waals surface area contributed by atoms with Crippen molar-refractivity contribution < 1.29 is 14.6 Å². The molecule has 2 aromatic rings. The number of methoxy groups -OCH3 is 1. The van der Waals surface area contributed by atoms with Crippen LogP contribution in [0.2, 0.25) is 0 Å². The van der Waals surface area contributed by atoms with E-state index in [0.29, 0.717) is 0 Å². The molecule has 0 saturated carbocycles. The molecular formula is C16H18O3S. The summed E-state index contributed by atoms with van der Waals surface area (Å²) in [5, 5.41) is 12.6. The monoisotopic (exact) mass is 290 g/mol. The van der Waals surface area contributed by atoms with Crippen molar-refractivity contribution in [1.82, 2.24) is 0 Å². The summed E-state index contributed by atoms with van der Waals surface area (Å²) in [6, 6.07) is 5.92. The Balaban J connectivity index is 2.05. The van der Waals surface area contributed by atoms with Gasteiger partial charge in [-0.2, -0.15) is 0 Å². The van der Waals surface area contributed by atoms with E-state index in [0.717, 1.165) is 39.5 Å². The molecule has 3 rings (SSSR count). The number of ether oxygens (including phenoxy) is 2. The summed E-state index contributed by atoms with van der Waals surface area (Å²) in [5.74, 6) is 1.59. The largest absolute Gasteiger partial charge is 0.496 e. The van der Waals surface area contributed by atoms with E-state index >= 15 is 0 Å². The van der Waals surface area contributed by atoms with Crippen LogP contribution in [0, 0.1) is 6.92 Å². The fraction of sp³-hybridized carbons (Fsp3) is 0.375. The molecule has 0 bridgehead atoms. The molecule has 3 nitrogen and oxygen atoms in total. The van der Waals surface area contributed by atoms with E-state index in [1.165, 1.54) is 0 Å². The van der Waals surface area contributed by atoms with Gasteiger partial charge < -0.3 is 14.6 Å². The van der Waals surface area contributed by atoms with Gasteiger partial charge in [0.1, 0.15) is 23.7 Å². The maximum absolute atomic E-state index is 10.6. The molecule has 2 heterocycles. The number of hydrogen-bond acceptors (Lipinski definition) is 4. The van der Waals surface area contributed by atoms with Gasteiger partial charge in [-0.25, -0.2) is 0 Å². The van der Waals surface area contributed by atoms with Crippen LogP contribution >= 0.6 is 11.3 Å². The second kappa shape index (κ2) is 5.11. The molecule has 106 valence electrons. The number of rotatable bonds is 3. The molecule has 1 aliphatic heterocycles. The minimum atomic E-state index is -0.672. The van der Waals surface area contributed by atoms with Crippen molar-refractivity contribution in [2.24, 2.45) is 0 Å². The van der Waals surface area contributed by atoms with Crippen molar-refractivity contribution in [2.75, 3.05) is 7.11 Å². The van der Waals surface area contributed by atoms with Gasteiger partial charge in [-0.1, -0.05) is 0 Å². The molecule has 0 fully saturated rings. The average Bonchev–Trinajstić information content (AvgIpc) is 3.00. The lowest BCUT2D eigenvalue weighted by Crippen LogP contribution is -2.05. The third-order valence-electron chi connectivity index (χ3n) is 3.69. The van der Waals surface area contributed by atoms with Gasteiger partial charge in [-0.05, 0) is 43.0 Å². The number of aliphatic hydroxyl groups is 1. The SMILES string of the molecule is COc1cc2c(cc1C(O)c1sccc1C)OC(C)C2. The highest BCUT2D eigenvalue weighted by Crippen LogP contribution is 2.40. The van der Waals surface area contributed by atoms with E-state index in [1.807, 2.05) is 37.4 Å². The Morgan fingerprint density at radius 3 is 2.90 bits per heavy atom. The van der Waals surface area contributed by atoms with Gasteiger partial charge in [0.15, 0.2) is 0 Å². The van der Waals surface area contributed by atoms with E-state index in [2.05, 4.69) is 0 Å². The van der Waals surface area contributed by atoms with Gasteiger partial charge in [0.2, 0.25) is 0 Å². The molecule has 1 N–H and O–H groups in total. The smallest absolute Gasteiger partial charge is 0.125 e. The second-order valence-corrected chi connectivity index (χ2v) is 6.15. The van der Waals surface area contributed by atoms with E-state index in [9.17, 15) is 5.11 Å². The number of benzene rings is 1. The Bertz CT molecular complexity index is 633. The maximum Gasteiger partial charge on any atom is 0.125 e. The van der Waals surface area contributed by atoms with Crippen LogP contribution in [0.4, 0.5) is 0 Å².